The van der Waals surface area contributed by atoms with Crippen molar-refractivity contribution in [2.75, 3.05) is 25.5 Å². The number of nitrogens with zero attached hydrogens (tertiary/aromatic N) is 1. The molecule has 1 saturated carbocycles. The molecule has 1 aliphatic rings. The SMILES string of the molecule is CN(C)c1ccccc1C#CCNC(=O)CCC1CCCCC1. The minimum atomic E-state index is 0.130. The van der Waals surface area contributed by atoms with E-state index in [-0.39, 0.29) is 5.91 Å². The minimum Gasteiger partial charge on any atom is -0.377 e. The van der Waals surface area contributed by atoms with Crippen LogP contribution >= 0.6 is 0 Å². The molecule has 3 nitrogen and oxygen atoms in total. The molecule has 0 radical (unpaired) electrons. The molecular weight excluding hydrogens is 284 g/mol. The summed E-state index contributed by atoms with van der Waals surface area (Å²) in [5.74, 6) is 7.09. The number of anilines is 1. The van der Waals surface area contributed by atoms with Crippen LogP contribution in [0, 0.1) is 17.8 Å². The molecule has 0 atom stereocenters. The summed E-state index contributed by atoms with van der Waals surface area (Å²) >= 11 is 0. The van der Waals surface area contributed by atoms with Crippen LogP contribution in [0.5, 0.6) is 0 Å². The lowest BCUT2D eigenvalue weighted by Crippen LogP contribution is -2.24. The normalized spacial score (nSPS) is 14.7. The van der Waals surface area contributed by atoms with Crippen LogP contribution in [0.25, 0.3) is 0 Å². The molecule has 1 amide bonds. The number of hydrogen-bond acceptors (Lipinski definition) is 2. The molecule has 0 spiro atoms. The molecule has 1 aromatic rings. The molecule has 124 valence electrons. The molecular formula is C20H28N2O. The Morgan fingerprint density at radius 2 is 1.96 bits per heavy atom. The van der Waals surface area contributed by atoms with Gasteiger partial charge in [0.1, 0.15) is 0 Å². The van der Waals surface area contributed by atoms with Gasteiger partial charge in [-0.25, -0.2) is 0 Å². The maximum Gasteiger partial charge on any atom is 0.220 e. The van der Waals surface area contributed by atoms with Gasteiger partial charge in [-0.05, 0) is 24.5 Å². The second-order valence-corrected chi connectivity index (χ2v) is 6.53. The number of para-hydroxylation sites is 1. The van der Waals surface area contributed by atoms with Crippen LogP contribution < -0.4 is 10.2 Å². The Balaban J connectivity index is 1.73. The third kappa shape index (κ3) is 5.98. The number of rotatable bonds is 5. The summed E-state index contributed by atoms with van der Waals surface area (Å²) in [4.78, 5) is 13.9. The van der Waals surface area contributed by atoms with Crippen molar-refractivity contribution in [3.8, 4) is 11.8 Å². The Morgan fingerprint density at radius 3 is 2.70 bits per heavy atom. The summed E-state index contributed by atoms with van der Waals surface area (Å²) in [6.45, 7) is 0.422. The number of hydrogen-bond donors (Lipinski definition) is 1. The smallest absolute Gasteiger partial charge is 0.220 e. The summed E-state index contributed by atoms with van der Waals surface area (Å²) in [6.07, 6.45) is 8.31. The first-order valence-corrected chi connectivity index (χ1v) is 8.68. The topological polar surface area (TPSA) is 32.3 Å². The van der Waals surface area contributed by atoms with Crippen molar-refractivity contribution in [2.24, 2.45) is 5.92 Å². The van der Waals surface area contributed by atoms with Crippen molar-refractivity contribution >= 4 is 11.6 Å². The number of benzene rings is 1. The van der Waals surface area contributed by atoms with Gasteiger partial charge in [-0.3, -0.25) is 4.79 Å². The first-order chi connectivity index (χ1) is 11.2. The maximum absolute atomic E-state index is 11.9. The molecule has 0 bridgehead atoms. The first kappa shape index (κ1) is 17.4. The van der Waals surface area contributed by atoms with Crippen molar-refractivity contribution in [3.05, 3.63) is 29.8 Å². The zero-order chi connectivity index (χ0) is 16.5. The molecule has 1 aliphatic carbocycles. The average molecular weight is 312 g/mol. The van der Waals surface area contributed by atoms with Crippen LogP contribution in [0.1, 0.15) is 50.5 Å². The van der Waals surface area contributed by atoms with E-state index in [9.17, 15) is 4.79 Å². The van der Waals surface area contributed by atoms with Crippen molar-refractivity contribution in [3.63, 3.8) is 0 Å². The first-order valence-electron chi connectivity index (χ1n) is 8.68. The largest absolute Gasteiger partial charge is 0.377 e. The highest BCUT2D eigenvalue weighted by molar-refractivity contribution is 5.76. The molecule has 1 aromatic carbocycles. The van der Waals surface area contributed by atoms with Gasteiger partial charge in [0, 0.05) is 26.1 Å². The van der Waals surface area contributed by atoms with Crippen LogP contribution in [0.4, 0.5) is 5.69 Å². The second-order valence-electron chi connectivity index (χ2n) is 6.53. The van der Waals surface area contributed by atoms with Crippen LogP contribution in [-0.2, 0) is 4.79 Å². The van der Waals surface area contributed by atoms with Crippen LogP contribution in [-0.4, -0.2) is 26.5 Å². The fourth-order valence-corrected chi connectivity index (χ4v) is 3.15. The average Bonchev–Trinajstić information content (AvgIpc) is 2.58. The van der Waals surface area contributed by atoms with Crippen LogP contribution in [0.3, 0.4) is 0 Å². The van der Waals surface area contributed by atoms with Gasteiger partial charge in [0.05, 0.1) is 12.2 Å². The van der Waals surface area contributed by atoms with E-state index < -0.39 is 0 Å². The monoisotopic (exact) mass is 312 g/mol. The second kappa shape index (κ2) is 9.25. The van der Waals surface area contributed by atoms with E-state index in [0.717, 1.165) is 23.6 Å². The van der Waals surface area contributed by atoms with Gasteiger partial charge < -0.3 is 10.2 Å². The predicted molar refractivity (Wildman–Crippen MR) is 96.5 cm³/mol. The predicted octanol–water partition coefficient (Wildman–Crippen LogP) is 3.58. The molecule has 3 heteroatoms. The number of amides is 1. The maximum atomic E-state index is 11.9. The third-order valence-corrected chi connectivity index (χ3v) is 4.49. The van der Waals surface area contributed by atoms with E-state index in [0.29, 0.717) is 13.0 Å². The van der Waals surface area contributed by atoms with E-state index in [1.54, 1.807) is 0 Å². The minimum absolute atomic E-state index is 0.130. The van der Waals surface area contributed by atoms with E-state index in [2.05, 4.69) is 17.2 Å². The Bertz CT molecular complexity index is 562. The highest BCUT2D eigenvalue weighted by Gasteiger charge is 2.14. The van der Waals surface area contributed by atoms with Crippen LogP contribution in [0.15, 0.2) is 24.3 Å². The summed E-state index contributed by atoms with van der Waals surface area (Å²) in [5.41, 5.74) is 2.09. The van der Waals surface area contributed by atoms with Gasteiger partial charge in [-0.2, -0.15) is 0 Å². The molecule has 0 aliphatic heterocycles. The summed E-state index contributed by atoms with van der Waals surface area (Å²) < 4.78 is 0. The molecule has 1 fully saturated rings. The van der Waals surface area contributed by atoms with Gasteiger partial charge in [-0.15, -0.1) is 0 Å². The van der Waals surface area contributed by atoms with E-state index in [1.165, 1.54) is 32.1 Å². The molecule has 0 heterocycles. The third-order valence-electron chi connectivity index (χ3n) is 4.49. The molecule has 2 rings (SSSR count). The lowest BCUT2D eigenvalue weighted by Gasteiger charge is -2.20. The summed E-state index contributed by atoms with van der Waals surface area (Å²) in [7, 11) is 4.01. The van der Waals surface area contributed by atoms with Gasteiger partial charge in [0.2, 0.25) is 5.91 Å². The standard InChI is InChI=1S/C20H28N2O/c1-22(2)19-13-7-6-11-18(19)12-8-16-21-20(23)15-14-17-9-4-3-5-10-17/h6-7,11,13,17H,3-5,9-10,14-16H2,1-2H3,(H,21,23). The molecule has 1 N–H and O–H groups in total. The fraction of sp³-hybridized carbons (Fsp3) is 0.550. The van der Waals surface area contributed by atoms with Gasteiger partial charge in [0.25, 0.3) is 0 Å². The van der Waals surface area contributed by atoms with Crippen LogP contribution in [0.2, 0.25) is 0 Å². The van der Waals surface area contributed by atoms with Crippen molar-refractivity contribution in [1.82, 2.24) is 5.32 Å². The van der Waals surface area contributed by atoms with Gasteiger partial charge in [-0.1, -0.05) is 56.1 Å². The van der Waals surface area contributed by atoms with Crippen molar-refractivity contribution in [2.45, 2.75) is 44.9 Å². The van der Waals surface area contributed by atoms with Crippen molar-refractivity contribution < 1.29 is 4.79 Å². The molecule has 0 unspecified atom stereocenters. The van der Waals surface area contributed by atoms with Gasteiger partial charge >= 0.3 is 0 Å². The molecule has 23 heavy (non-hydrogen) atoms. The lowest BCUT2D eigenvalue weighted by molar-refractivity contribution is -0.121. The van der Waals surface area contributed by atoms with E-state index in [1.807, 2.05) is 43.3 Å². The Morgan fingerprint density at radius 1 is 1.22 bits per heavy atom. The fourth-order valence-electron chi connectivity index (χ4n) is 3.15. The van der Waals surface area contributed by atoms with Gasteiger partial charge in [0.15, 0.2) is 0 Å². The van der Waals surface area contributed by atoms with E-state index in [4.69, 9.17) is 0 Å². The zero-order valence-electron chi connectivity index (χ0n) is 14.4. The summed E-state index contributed by atoms with van der Waals surface area (Å²) in [5, 5.41) is 2.92. The molecule has 0 saturated heterocycles. The molecule has 0 aromatic heterocycles. The highest BCUT2D eigenvalue weighted by Crippen LogP contribution is 2.27. The van der Waals surface area contributed by atoms with Crippen molar-refractivity contribution in [1.29, 1.82) is 0 Å². The quantitative estimate of drug-likeness (QED) is 0.843. The Kier molecular flexibility index (Phi) is 7.00. The Hall–Kier alpha value is -1.95. The summed E-state index contributed by atoms with van der Waals surface area (Å²) in [6, 6.07) is 8.05. The number of carbonyl (C=O) groups is 1. The number of nitrogens with one attached hydrogen (secondary N) is 1. The zero-order valence-corrected chi connectivity index (χ0v) is 14.4. The highest BCUT2D eigenvalue weighted by atomic mass is 16.1. The van der Waals surface area contributed by atoms with E-state index >= 15 is 0 Å². The Labute approximate surface area is 140 Å². The number of carbonyl (C=O) groups excluding carboxylic acids is 1. The lowest BCUT2D eigenvalue weighted by atomic mass is 9.86.